The maximum atomic E-state index is 13.4. The first-order valence-corrected chi connectivity index (χ1v) is 6.76. The van der Waals surface area contributed by atoms with Crippen molar-refractivity contribution in [1.29, 1.82) is 0 Å². The molecule has 0 aromatic heterocycles. The Morgan fingerprint density at radius 2 is 1.75 bits per heavy atom. The summed E-state index contributed by atoms with van der Waals surface area (Å²) in [5.41, 5.74) is 8.94. The van der Waals surface area contributed by atoms with E-state index < -0.39 is 6.04 Å². The summed E-state index contributed by atoms with van der Waals surface area (Å²) in [6.45, 7) is 5.87. The quantitative estimate of drug-likeness (QED) is 0.914. The SMILES string of the molecule is Cc1ccc(F)cc1C(N)c1ccccc1OC(C)C. The molecule has 0 saturated carbocycles. The van der Waals surface area contributed by atoms with Gasteiger partial charge in [0.25, 0.3) is 0 Å². The zero-order valence-corrected chi connectivity index (χ0v) is 12.1. The molecular formula is C17H20FNO. The highest BCUT2D eigenvalue weighted by Crippen LogP contribution is 2.30. The van der Waals surface area contributed by atoms with Gasteiger partial charge in [-0.3, -0.25) is 0 Å². The molecule has 0 aliphatic carbocycles. The fraction of sp³-hybridized carbons (Fsp3) is 0.294. The number of para-hydroxylation sites is 1. The van der Waals surface area contributed by atoms with E-state index in [1.807, 2.05) is 45.0 Å². The number of nitrogens with two attached hydrogens (primary N) is 1. The smallest absolute Gasteiger partial charge is 0.124 e. The summed E-state index contributed by atoms with van der Waals surface area (Å²) in [6, 6.07) is 11.9. The average molecular weight is 273 g/mol. The van der Waals surface area contributed by atoms with E-state index in [1.165, 1.54) is 12.1 Å². The number of hydrogen-bond acceptors (Lipinski definition) is 2. The second-order valence-corrected chi connectivity index (χ2v) is 5.18. The van der Waals surface area contributed by atoms with Gasteiger partial charge < -0.3 is 10.5 Å². The fourth-order valence-electron chi connectivity index (χ4n) is 2.21. The molecule has 106 valence electrons. The topological polar surface area (TPSA) is 35.2 Å². The van der Waals surface area contributed by atoms with Gasteiger partial charge in [-0.1, -0.05) is 24.3 Å². The molecule has 0 fully saturated rings. The second kappa shape index (κ2) is 6.06. The fourth-order valence-corrected chi connectivity index (χ4v) is 2.21. The molecule has 0 aliphatic rings. The van der Waals surface area contributed by atoms with Crippen LogP contribution in [-0.2, 0) is 0 Å². The van der Waals surface area contributed by atoms with Crippen molar-refractivity contribution in [2.45, 2.75) is 32.9 Å². The lowest BCUT2D eigenvalue weighted by Crippen LogP contribution is -2.16. The van der Waals surface area contributed by atoms with E-state index in [-0.39, 0.29) is 11.9 Å². The Balaban J connectivity index is 2.42. The van der Waals surface area contributed by atoms with Gasteiger partial charge in [0.1, 0.15) is 11.6 Å². The van der Waals surface area contributed by atoms with Gasteiger partial charge in [0.05, 0.1) is 12.1 Å². The van der Waals surface area contributed by atoms with E-state index in [9.17, 15) is 4.39 Å². The molecule has 0 spiro atoms. The molecule has 0 bridgehead atoms. The van der Waals surface area contributed by atoms with Crippen LogP contribution in [0.3, 0.4) is 0 Å². The van der Waals surface area contributed by atoms with Crippen LogP contribution in [0, 0.1) is 12.7 Å². The van der Waals surface area contributed by atoms with E-state index in [1.54, 1.807) is 6.07 Å². The lowest BCUT2D eigenvalue weighted by atomic mass is 9.95. The van der Waals surface area contributed by atoms with Crippen molar-refractivity contribution in [2.75, 3.05) is 0 Å². The molecule has 20 heavy (non-hydrogen) atoms. The highest BCUT2D eigenvalue weighted by molar-refractivity contribution is 5.43. The summed E-state index contributed by atoms with van der Waals surface area (Å²) < 4.78 is 19.2. The van der Waals surface area contributed by atoms with Crippen LogP contribution in [0.5, 0.6) is 5.75 Å². The van der Waals surface area contributed by atoms with Gasteiger partial charge in [-0.05, 0) is 50.1 Å². The number of halogens is 1. The number of hydrogen-bond donors (Lipinski definition) is 1. The summed E-state index contributed by atoms with van der Waals surface area (Å²) in [6.07, 6.45) is 0.0666. The van der Waals surface area contributed by atoms with Crippen LogP contribution in [0.4, 0.5) is 4.39 Å². The minimum atomic E-state index is -0.402. The molecule has 3 heteroatoms. The maximum Gasteiger partial charge on any atom is 0.124 e. The van der Waals surface area contributed by atoms with Crippen molar-refractivity contribution in [3.63, 3.8) is 0 Å². The molecule has 0 heterocycles. The Morgan fingerprint density at radius 1 is 1.05 bits per heavy atom. The number of rotatable bonds is 4. The van der Waals surface area contributed by atoms with Gasteiger partial charge in [-0.15, -0.1) is 0 Å². The predicted molar refractivity (Wildman–Crippen MR) is 79.4 cm³/mol. The third-order valence-corrected chi connectivity index (χ3v) is 3.19. The predicted octanol–water partition coefficient (Wildman–Crippen LogP) is 3.97. The average Bonchev–Trinajstić information content (AvgIpc) is 2.41. The second-order valence-electron chi connectivity index (χ2n) is 5.18. The van der Waals surface area contributed by atoms with Gasteiger partial charge in [0.15, 0.2) is 0 Å². The van der Waals surface area contributed by atoms with Crippen LogP contribution in [-0.4, -0.2) is 6.10 Å². The lowest BCUT2D eigenvalue weighted by Gasteiger charge is -2.20. The third kappa shape index (κ3) is 3.17. The summed E-state index contributed by atoms with van der Waals surface area (Å²) in [5, 5.41) is 0. The van der Waals surface area contributed by atoms with Crippen LogP contribution in [0.1, 0.15) is 36.6 Å². The summed E-state index contributed by atoms with van der Waals surface area (Å²) in [4.78, 5) is 0. The van der Waals surface area contributed by atoms with Crippen LogP contribution in [0.25, 0.3) is 0 Å². The first kappa shape index (κ1) is 14.5. The number of aryl methyl sites for hydroxylation is 1. The van der Waals surface area contributed by atoms with Crippen molar-refractivity contribution in [1.82, 2.24) is 0 Å². The van der Waals surface area contributed by atoms with Crippen LogP contribution in [0.2, 0.25) is 0 Å². The monoisotopic (exact) mass is 273 g/mol. The van der Waals surface area contributed by atoms with Gasteiger partial charge >= 0.3 is 0 Å². The molecule has 0 radical (unpaired) electrons. The molecule has 2 nitrogen and oxygen atoms in total. The summed E-state index contributed by atoms with van der Waals surface area (Å²) in [7, 11) is 0. The lowest BCUT2D eigenvalue weighted by molar-refractivity contribution is 0.239. The van der Waals surface area contributed by atoms with E-state index >= 15 is 0 Å². The molecule has 1 atom stereocenters. The third-order valence-electron chi connectivity index (χ3n) is 3.19. The van der Waals surface area contributed by atoms with Gasteiger partial charge in [-0.2, -0.15) is 0 Å². The molecule has 2 rings (SSSR count). The van der Waals surface area contributed by atoms with Gasteiger partial charge in [0.2, 0.25) is 0 Å². The number of ether oxygens (including phenoxy) is 1. The van der Waals surface area contributed by atoms with Crippen molar-refractivity contribution >= 4 is 0 Å². The van der Waals surface area contributed by atoms with Gasteiger partial charge in [0, 0.05) is 5.56 Å². The van der Waals surface area contributed by atoms with Crippen LogP contribution < -0.4 is 10.5 Å². The van der Waals surface area contributed by atoms with Crippen molar-refractivity contribution in [2.24, 2.45) is 5.73 Å². The zero-order valence-electron chi connectivity index (χ0n) is 12.1. The Hall–Kier alpha value is -1.87. The Bertz CT molecular complexity index is 595. The van der Waals surface area contributed by atoms with E-state index in [0.29, 0.717) is 0 Å². The molecule has 2 N–H and O–H groups in total. The van der Waals surface area contributed by atoms with E-state index in [4.69, 9.17) is 10.5 Å². The summed E-state index contributed by atoms with van der Waals surface area (Å²) >= 11 is 0. The number of benzene rings is 2. The zero-order chi connectivity index (χ0) is 14.7. The summed E-state index contributed by atoms with van der Waals surface area (Å²) in [5.74, 6) is 0.474. The molecule has 0 amide bonds. The first-order valence-electron chi connectivity index (χ1n) is 6.76. The Kier molecular flexibility index (Phi) is 4.40. The van der Waals surface area contributed by atoms with Crippen molar-refractivity contribution in [3.8, 4) is 5.75 Å². The minimum absolute atomic E-state index is 0.0666. The van der Waals surface area contributed by atoms with Crippen molar-refractivity contribution < 1.29 is 9.13 Å². The first-order chi connectivity index (χ1) is 9.49. The standard InChI is InChI=1S/C17H20FNO/c1-11(2)20-16-7-5-4-6-14(16)17(19)15-10-13(18)9-8-12(15)3/h4-11,17H,19H2,1-3H3. The largest absolute Gasteiger partial charge is 0.491 e. The Labute approximate surface area is 119 Å². The maximum absolute atomic E-state index is 13.4. The molecular weight excluding hydrogens is 253 g/mol. The molecule has 0 saturated heterocycles. The highest BCUT2D eigenvalue weighted by atomic mass is 19.1. The molecule has 0 aliphatic heterocycles. The highest BCUT2D eigenvalue weighted by Gasteiger charge is 2.17. The van der Waals surface area contributed by atoms with E-state index in [0.717, 1.165) is 22.4 Å². The normalized spacial score (nSPS) is 12.5. The molecule has 2 aromatic rings. The van der Waals surface area contributed by atoms with Crippen LogP contribution >= 0.6 is 0 Å². The Morgan fingerprint density at radius 3 is 2.45 bits per heavy atom. The van der Waals surface area contributed by atoms with Crippen molar-refractivity contribution in [3.05, 3.63) is 65.0 Å². The molecule has 2 aromatic carbocycles. The van der Waals surface area contributed by atoms with Crippen LogP contribution in [0.15, 0.2) is 42.5 Å². The van der Waals surface area contributed by atoms with E-state index in [2.05, 4.69) is 0 Å². The van der Waals surface area contributed by atoms with Gasteiger partial charge in [-0.25, -0.2) is 4.39 Å². The molecule has 1 unspecified atom stereocenters. The minimum Gasteiger partial charge on any atom is -0.491 e.